The molecule has 2 aromatic rings. The molecule has 0 aromatic heterocycles. The Bertz CT molecular complexity index is 790. The summed E-state index contributed by atoms with van der Waals surface area (Å²) < 4.78 is 11.1. The van der Waals surface area contributed by atoms with Crippen LogP contribution in [0.15, 0.2) is 42.5 Å². The second-order valence-corrected chi connectivity index (χ2v) is 7.19. The number of aliphatic hydroxyl groups excluding tert-OH is 5. The fraction of sp³-hybridized carbons (Fsp3) is 0.455. The molecule has 3 rings (SSSR count). The van der Waals surface area contributed by atoms with Crippen LogP contribution in [0.5, 0.6) is 5.75 Å². The first-order chi connectivity index (χ1) is 14.0. The third-order valence-electron chi connectivity index (χ3n) is 5.22. The highest BCUT2D eigenvalue weighted by Gasteiger charge is 2.44. The van der Waals surface area contributed by atoms with Crippen molar-refractivity contribution in [3.63, 3.8) is 0 Å². The van der Waals surface area contributed by atoms with Crippen LogP contribution < -0.4 is 4.74 Å². The third-order valence-corrected chi connectivity index (χ3v) is 5.22. The van der Waals surface area contributed by atoms with Gasteiger partial charge in [-0.25, -0.2) is 0 Å². The topological polar surface area (TPSA) is 120 Å². The van der Waals surface area contributed by atoms with E-state index in [1.165, 1.54) is 0 Å². The number of ether oxygens (including phenoxy) is 2. The Morgan fingerprint density at radius 3 is 2.21 bits per heavy atom. The van der Waals surface area contributed by atoms with Gasteiger partial charge in [-0.2, -0.15) is 0 Å². The second-order valence-electron chi connectivity index (χ2n) is 7.19. The summed E-state index contributed by atoms with van der Waals surface area (Å²) in [4.78, 5) is 0. The van der Waals surface area contributed by atoms with Gasteiger partial charge in [0.25, 0.3) is 0 Å². The number of hydrogen-bond acceptors (Lipinski definition) is 7. The van der Waals surface area contributed by atoms with E-state index in [1.54, 1.807) is 6.07 Å². The molecule has 1 heterocycles. The molecule has 1 aliphatic heterocycles. The fourth-order valence-electron chi connectivity index (χ4n) is 3.63. The highest BCUT2D eigenvalue weighted by molar-refractivity contribution is 5.38. The van der Waals surface area contributed by atoms with E-state index in [4.69, 9.17) is 9.47 Å². The standard InChI is InChI=1S/C22H28O7/c1-2-28-16-7-4-13(5-8-16)9-14-3-6-15(11-23)17(10-14)22-21(27)20(26)19(25)18(12-24)29-22/h3-8,10,18-27H,2,9,11-12H2,1H3/t18-,19-,20+,21-,22+/m1/s1. The first-order valence-electron chi connectivity index (χ1n) is 9.73. The maximum Gasteiger partial charge on any atom is 0.119 e. The van der Waals surface area contributed by atoms with Crippen LogP contribution in [0.4, 0.5) is 0 Å². The molecule has 0 bridgehead atoms. The Balaban J connectivity index is 1.86. The molecule has 7 nitrogen and oxygen atoms in total. The van der Waals surface area contributed by atoms with Crippen LogP contribution in [0.1, 0.15) is 35.3 Å². The van der Waals surface area contributed by atoms with Crippen LogP contribution >= 0.6 is 0 Å². The maximum absolute atomic E-state index is 10.4. The van der Waals surface area contributed by atoms with Crippen LogP contribution in [0, 0.1) is 0 Å². The van der Waals surface area contributed by atoms with Crippen LogP contribution in [-0.2, 0) is 17.8 Å². The third kappa shape index (κ3) is 4.78. The van der Waals surface area contributed by atoms with Crippen molar-refractivity contribution in [1.29, 1.82) is 0 Å². The molecule has 158 valence electrons. The molecular formula is C22H28O7. The SMILES string of the molecule is CCOc1ccc(Cc2ccc(CO)c([C@@H]3O[C@H](CO)[C@@H](O)[C@H](O)[C@H]3O)c2)cc1. The molecule has 0 unspecified atom stereocenters. The molecule has 7 heteroatoms. The highest BCUT2D eigenvalue weighted by atomic mass is 16.5. The van der Waals surface area contributed by atoms with E-state index >= 15 is 0 Å². The Morgan fingerprint density at radius 2 is 1.59 bits per heavy atom. The van der Waals surface area contributed by atoms with E-state index in [1.807, 2.05) is 43.3 Å². The van der Waals surface area contributed by atoms with Gasteiger partial charge in [0.1, 0.15) is 36.3 Å². The van der Waals surface area contributed by atoms with Gasteiger partial charge in [0.2, 0.25) is 0 Å². The quantitative estimate of drug-likeness (QED) is 0.460. The first-order valence-corrected chi connectivity index (χ1v) is 9.73. The van der Waals surface area contributed by atoms with Gasteiger partial charge in [-0.1, -0.05) is 30.3 Å². The summed E-state index contributed by atoms with van der Waals surface area (Å²) in [6, 6.07) is 13.2. The zero-order valence-corrected chi connectivity index (χ0v) is 16.3. The summed E-state index contributed by atoms with van der Waals surface area (Å²) >= 11 is 0. The number of hydrogen-bond donors (Lipinski definition) is 5. The lowest BCUT2D eigenvalue weighted by molar-refractivity contribution is -0.232. The number of rotatable bonds is 7. The normalized spacial score (nSPS) is 27.0. The Morgan fingerprint density at radius 1 is 0.897 bits per heavy atom. The second kappa shape index (κ2) is 9.67. The minimum atomic E-state index is -1.47. The Hall–Kier alpha value is -2.00. The van der Waals surface area contributed by atoms with Gasteiger partial charge in [0.05, 0.1) is 19.8 Å². The zero-order valence-electron chi connectivity index (χ0n) is 16.3. The fourth-order valence-corrected chi connectivity index (χ4v) is 3.63. The summed E-state index contributed by atoms with van der Waals surface area (Å²) in [7, 11) is 0. The monoisotopic (exact) mass is 404 g/mol. The summed E-state index contributed by atoms with van der Waals surface area (Å²) in [6.07, 6.45) is -5.64. The highest BCUT2D eigenvalue weighted by Crippen LogP contribution is 2.35. The van der Waals surface area contributed by atoms with Gasteiger partial charge in [-0.15, -0.1) is 0 Å². The van der Waals surface area contributed by atoms with Crippen molar-refractivity contribution in [3.8, 4) is 5.75 Å². The van der Waals surface area contributed by atoms with Gasteiger partial charge in [-0.3, -0.25) is 0 Å². The predicted molar refractivity (Wildman–Crippen MR) is 106 cm³/mol. The van der Waals surface area contributed by atoms with Crippen LogP contribution in [0.2, 0.25) is 0 Å². The lowest BCUT2D eigenvalue weighted by atomic mass is 9.88. The van der Waals surface area contributed by atoms with Gasteiger partial charge < -0.3 is 35.0 Å². The van der Waals surface area contributed by atoms with E-state index in [0.717, 1.165) is 16.9 Å². The molecule has 29 heavy (non-hydrogen) atoms. The average molecular weight is 404 g/mol. The maximum atomic E-state index is 10.4. The van der Waals surface area contributed by atoms with E-state index in [2.05, 4.69) is 0 Å². The van der Waals surface area contributed by atoms with Crippen molar-refractivity contribution < 1.29 is 35.0 Å². The van der Waals surface area contributed by atoms with E-state index in [0.29, 0.717) is 24.2 Å². The molecule has 0 radical (unpaired) electrons. The van der Waals surface area contributed by atoms with Crippen molar-refractivity contribution in [3.05, 3.63) is 64.7 Å². The lowest BCUT2D eigenvalue weighted by Crippen LogP contribution is -2.55. The molecule has 1 aliphatic rings. The Labute approximate surface area is 169 Å². The largest absolute Gasteiger partial charge is 0.494 e. The molecule has 0 saturated carbocycles. The number of aliphatic hydroxyl groups is 5. The molecule has 0 spiro atoms. The number of benzene rings is 2. The Kier molecular flexibility index (Phi) is 7.23. The van der Waals surface area contributed by atoms with Crippen molar-refractivity contribution in [2.75, 3.05) is 13.2 Å². The molecule has 5 atom stereocenters. The molecule has 2 aromatic carbocycles. The minimum absolute atomic E-state index is 0.270. The molecule has 1 saturated heterocycles. The first kappa shape index (κ1) is 21.7. The molecular weight excluding hydrogens is 376 g/mol. The smallest absolute Gasteiger partial charge is 0.119 e. The van der Waals surface area contributed by atoms with Gasteiger partial charge in [0, 0.05) is 0 Å². The van der Waals surface area contributed by atoms with Crippen LogP contribution in [-0.4, -0.2) is 63.2 Å². The van der Waals surface area contributed by atoms with Gasteiger partial charge >= 0.3 is 0 Å². The van der Waals surface area contributed by atoms with E-state index in [9.17, 15) is 25.5 Å². The minimum Gasteiger partial charge on any atom is -0.494 e. The average Bonchev–Trinajstić information content (AvgIpc) is 2.74. The van der Waals surface area contributed by atoms with Crippen molar-refractivity contribution in [2.24, 2.45) is 0 Å². The summed E-state index contributed by atoms with van der Waals surface area (Å²) in [5.74, 6) is 0.800. The van der Waals surface area contributed by atoms with E-state index < -0.39 is 37.1 Å². The summed E-state index contributed by atoms with van der Waals surface area (Å²) in [5.41, 5.74) is 3.06. The van der Waals surface area contributed by atoms with Crippen LogP contribution in [0.25, 0.3) is 0 Å². The van der Waals surface area contributed by atoms with Crippen molar-refractivity contribution >= 4 is 0 Å². The zero-order chi connectivity index (χ0) is 21.0. The van der Waals surface area contributed by atoms with Gasteiger partial charge in [-0.05, 0) is 47.7 Å². The molecule has 0 amide bonds. The summed E-state index contributed by atoms with van der Waals surface area (Å²) in [5, 5.41) is 49.7. The molecule has 5 N–H and O–H groups in total. The van der Waals surface area contributed by atoms with Crippen molar-refractivity contribution in [1.82, 2.24) is 0 Å². The van der Waals surface area contributed by atoms with Gasteiger partial charge in [0.15, 0.2) is 0 Å². The predicted octanol–water partition coefficient (Wildman–Crippen LogP) is 0.683. The van der Waals surface area contributed by atoms with Crippen LogP contribution in [0.3, 0.4) is 0 Å². The molecule has 1 fully saturated rings. The lowest BCUT2D eigenvalue weighted by Gasteiger charge is -2.40. The summed E-state index contributed by atoms with van der Waals surface area (Å²) in [6.45, 7) is 1.76. The van der Waals surface area contributed by atoms with Crippen molar-refractivity contribution in [2.45, 2.75) is 50.5 Å². The van der Waals surface area contributed by atoms with E-state index in [-0.39, 0.29) is 6.61 Å². The molecule has 0 aliphatic carbocycles.